The third kappa shape index (κ3) is 5.09. The molecule has 0 aliphatic rings. The Morgan fingerprint density at radius 1 is 0.423 bits per heavy atom. The van der Waals surface area contributed by atoms with Crippen molar-refractivity contribution in [3.63, 3.8) is 0 Å². The lowest BCUT2D eigenvalue weighted by Crippen LogP contribution is -2.10. The number of fused-ring (bicyclic) bond motifs is 5. The molecule has 10 aromatic rings. The first-order chi connectivity index (χ1) is 25.8. The lowest BCUT2D eigenvalue weighted by atomic mass is 9.96. The van der Waals surface area contributed by atoms with Crippen LogP contribution in [-0.4, -0.2) is 9.97 Å². The second kappa shape index (κ2) is 12.4. The molecule has 0 atom stereocenters. The fourth-order valence-electron chi connectivity index (χ4n) is 7.36. The van der Waals surface area contributed by atoms with Gasteiger partial charge in [0.05, 0.1) is 28.1 Å². The predicted molar refractivity (Wildman–Crippen MR) is 215 cm³/mol. The van der Waals surface area contributed by atoms with Crippen LogP contribution in [-0.2, 0) is 0 Å². The number of benzene rings is 8. The van der Waals surface area contributed by atoms with E-state index in [0.717, 1.165) is 83.7 Å². The van der Waals surface area contributed by atoms with Crippen molar-refractivity contribution in [3.05, 3.63) is 188 Å². The van der Waals surface area contributed by atoms with Crippen molar-refractivity contribution in [1.82, 2.24) is 9.97 Å². The van der Waals surface area contributed by atoms with Gasteiger partial charge in [0.2, 0.25) is 0 Å². The Kier molecular flexibility index (Phi) is 7.10. The molecule has 52 heavy (non-hydrogen) atoms. The number of hydrogen-bond acceptors (Lipinski definition) is 4. The van der Waals surface area contributed by atoms with Crippen LogP contribution in [0.15, 0.2) is 192 Å². The molecule has 244 valence electrons. The fourth-order valence-corrected chi connectivity index (χ4v) is 7.36. The standard InChI is InChI=1S/C48H31N3O/c1-3-14-34(15-4-1)46-47(50-42-21-11-10-20-41(42)49-46)35-25-23-33(24-26-35)39-29-30-43(48-45(39)40-19-9-12-22-44(40)52-48)51(37-17-5-2-6-18-37)38-28-27-32-13-7-8-16-36(32)31-38/h1-31H. The van der Waals surface area contributed by atoms with E-state index in [9.17, 15) is 0 Å². The number of para-hydroxylation sites is 4. The van der Waals surface area contributed by atoms with Gasteiger partial charge in [-0.3, -0.25) is 0 Å². The van der Waals surface area contributed by atoms with Crippen molar-refractivity contribution in [3.8, 4) is 33.6 Å². The lowest BCUT2D eigenvalue weighted by Gasteiger charge is -2.26. The van der Waals surface area contributed by atoms with Crippen LogP contribution in [0.4, 0.5) is 17.1 Å². The summed E-state index contributed by atoms with van der Waals surface area (Å²) < 4.78 is 6.80. The summed E-state index contributed by atoms with van der Waals surface area (Å²) in [5.41, 5.74) is 12.5. The zero-order valence-corrected chi connectivity index (χ0v) is 28.1. The highest BCUT2D eigenvalue weighted by atomic mass is 16.3. The normalized spacial score (nSPS) is 11.5. The van der Waals surface area contributed by atoms with E-state index < -0.39 is 0 Å². The maximum Gasteiger partial charge on any atom is 0.160 e. The molecule has 2 heterocycles. The van der Waals surface area contributed by atoms with Crippen LogP contribution in [0.25, 0.3) is 77.4 Å². The molecule has 4 heteroatoms. The van der Waals surface area contributed by atoms with Gasteiger partial charge in [0.25, 0.3) is 0 Å². The summed E-state index contributed by atoms with van der Waals surface area (Å²) in [6.07, 6.45) is 0. The molecule has 0 radical (unpaired) electrons. The maximum absolute atomic E-state index is 6.80. The second-order valence-corrected chi connectivity index (χ2v) is 13.0. The van der Waals surface area contributed by atoms with E-state index in [-0.39, 0.29) is 0 Å². The molecule has 0 saturated heterocycles. The average Bonchev–Trinajstić information content (AvgIpc) is 3.61. The number of anilines is 3. The van der Waals surface area contributed by atoms with Gasteiger partial charge in [-0.15, -0.1) is 0 Å². The van der Waals surface area contributed by atoms with Crippen molar-refractivity contribution < 1.29 is 4.42 Å². The monoisotopic (exact) mass is 665 g/mol. The van der Waals surface area contributed by atoms with Gasteiger partial charge >= 0.3 is 0 Å². The molecular weight excluding hydrogens is 635 g/mol. The minimum atomic E-state index is 0.839. The van der Waals surface area contributed by atoms with Gasteiger partial charge in [0, 0.05) is 33.3 Å². The zero-order valence-electron chi connectivity index (χ0n) is 28.1. The number of rotatable bonds is 6. The molecule has 4 nitrogen and oxygen atoms in total. The third-order valence-corrected chi connectivity index (χ3v) is 9.84. The van der Waals surface area contributed by atoms with Gasteiger partial charge in [-0.2, -0.15) is 0 Å². The fraction of sp³-hybridized carbons (Fsp3) is 0. The minimum absolute atomic E-state index is 0.839. The third-order valence-electron chi connectivity index (χ3n) is 9.84. The first kappa shape index (κ1) is 29.8. The van der Waals surface area contributed by atoms with Gasteiger partial charge in [-0.25, -0.2) is 9.97 Å². The molecule has 0 aliphatic heterocycles. The summed E-state index contributed by atoms with van der Waals surface area (Å²) in [5.74, 6) is 0. The molecule has 0 fully saturated rings. The van der Waals surface area contributed by atoms with E-state index in [1.165, 1.54) is 10.8 Å². The summed E-state index contributed by atoms with van der Waals surface area (Å²) in [6, 6.07) is 65.4. The van der Waals surface area contributed by atoms with Gasteiger partial charge in [0.15, 0.2) is 5.58 Å². The predicted octanol–water partition coefficient (Wildman–Crippen LogP) is 13.2. The summed E-state index contributed by atoms with van der Waals surface area (Å²) >= 11 is 0. The molecule has 2 aromatic heterocycles. The SMILES string of the molecule is c1ccc(-c2nc3ccccc3nc2-c2ccc(-c3ccc(N(c4ccccc4)c4ccc5ccccc5c4)c4oc5ccccc5c34)cc2)cc1. The van der Waals surface area contributed by atoms with Gasteiger partial charge < -0.3 is 9.32 Å². The summed E-state index contributed by atoms with van der Waals surface area (Å²) in [4.78, 5) is 12.5. The van der Waals surface area contributed by atoms with Crippen molar-refractivity contribution in [2.45, 2.75) is 0 Å². The zero-order chi connectivity index (χ0) is 34.4. The number of furan rings is 1. The van der Waals surface area contributed by atoms with E-state index in [1.54, 1.807) is 0 Å². The van der Waals surface area contributed by atoms with Crippen molar-refractivity contribution in [1.29, 1.82) is 0 Å². The number of nitrogens with zero attached hydrogens (tertiary/aromatic N) is 3. The van der Waals surface area contributed by atoms with Crippen LogP contribution in [0, 0.1) is 0 Å². The van der Waals surface area contributed by atoms with Gasteiger partial charge in [0.1, 0.15) is 5.58 Å². The molecule has 10 rings (SSSR count). The Bertz CT molecular complexity index is 2900. The largest absolute Gasteiger partial charge is 0.454 e. The molecule has 8 aromatic carbocycles. The van der Waals surface area contributed by atoms with E-state index in [0.29, 0.717) is 0 Å². The maximum atomic E-state index is 6.80. The Morgan fingerprint density at radius 3 is 1.77 bits per heavy atom. The van der Waals surface area contributed by atoms with Crippen LogP contribution < -0.4 is 4.90 Å². The number of aromatic nitrogens is 2. The first-order valence-corrected chi connectivity index (χ1v) is 17.5. The minimum Gasteiger partial charge on any atom is -0.454 e. The molecule has 0 spiro atoms. The van der Waals surface area contributed by atoms with Gasteiger partial charge in [-0.05, 0) is 70.4 Å². The van der Waals surface area contributed by atoms with Crippen molar-refractivity contribution in [2.75, 3.05) is 4.90 Å². The Labute approximate surface area is 300 Å². The van der Waals surface area contributed by atoms with E-state index in [1.807, 2.05) is 48.5 Å². The van der Waals surface area contributed by atoms with Crippen molar-refractivity contribution >= 4 is 60.8 Å². The Morgan fingerprint density at radius 2 is 1.02 bits per heavy atom. The molecular formula is C48H31N3O. The van der Waals surface area contributed by atoms with E-state index >= 15 is 0 Å². The van der Waals surface area contributed by atoms with Crippen LogP contribution in [0.3, 0.4) is 0 Å². The van der Waals surface area contributed by atoms with Crippen LogP contribution in [0.1, 0.15) is 0 Å². The average molecular weight is 666 g/mol. The first-order valence-electron chi connectivity index (χ1n) is 17.5. The second-order valence-electron chi connectivity index (χ2n) is 13.0. The van der Waals surface area contributed by atoms with E-state index in [2.05, 4.69) is 144 Å². The van der Waals surface area contributed by atoms with Crippen LogP contribution in [0.5, 0.6) is 0 Å². The molecule has 0 aliphatic carbocycles. The quantitative estimate of drug-likeness (QED) is 0.177. The number of hydrogen-bond donors (Lipinski definition) is 0. The summed E-state index contributed by atoms with van der Waals surface area (Å²) in [5, 5.41) is 4.55. The lowest BCUT2D eigenvalue weighted by molar-refractivity contribution is 0.669. The molecule has 0 amide bonds. The Hall–Kier alpha value is -7.04. The van der Waals surface area contributed by atoms with Gasteiger partial charge in [-0.1, -0.05) is 140 Å². The molecule has 0 bridgehead atoms. The highest BCUT2D eigenvalue weighted by Gasteiger charge is 2.22. The smallest absolute Gasteiger partial charge is 0.160 e. The topological polar surface area (TPSA) is 42.2 Å². The van der Waals surface area contributed by atoms with Crippen LogP contribution in [0.2, 0.25) is 0 Å². The molecule has 0 N–H and O–H groups in total. The highest BCUT2D eigenvalue weighted by molar-refractivity contribution is 6.17. The molecule has 0 saturated carbocycles. The van der Waals surface area contributed by atoms with Crippen molar-refractivity contribution in [2.24, 2.45) is 0 Å². The molecule has 0 unspecified atom stereocenters. The highest BCUT2D eigenvalue weighted by Crippen LogP contribution is 2.46. The van der Waals surface area contributed by atoms with Crippen LogP contribution >= 0.6 is 0 Å². The summed E-state index contributed by atoms with van der Waals surface area (Å²) in [7, 11) is 0. The van der Waals surface area contributed by atoms with E-state index in [4.69, 9.17) is 14.4 Å². The summed E-state index contributed by atoms with van der Waals surface area (Å²) in [6.45, 7) is 0. The Balaban J connectivity index is 1.15.